The van der Waals surface area contributed by atoms with Crippen molar-refractivity contribution in [2.75, 3.05) is 0 Å². The highest BCUT2D eigenvalue weighted by atomic mass is 35.5. The fraction of sp³-hybridized carbons (Fsp3) is 0.500. The van der Waals surface area contributed by atoms with Gasteiger partial charge in [0, 0.05) is 12.1 Å². The average molecular weight is 326 g/mol. The van der Waals surface area contributed by atoms with Crippen LogP contribution in [0.25, 0.3) is 0 Å². The molecule has 1 aromatic rings. The standard InChI is InChI=1S/C16H17ClFNO3/c1-2-16(15(21)22)8-10-4-6-13(16)19(10)14(20)11-7-9(18)3-5-12(11)17/h3,5,7,10,13H,2,4,6,8H2,1H3,(H,21,22)/t10-,13+,16+/m0/s1. The lowest BCUT2D eigenvalue weighted by molar-refractivity contribution is -0.151. The van der Waals surface area contributed by atoms with Crippen molar-refractivity contribution in [2.24, 2.45) is 5.41 Å². The fourth-order valence-electron chi connectivity index (χ4n) is 4.05. The summed E-state index contributed by atoms with van der Waals surface area (Å²) in [6.45, 7) is 1.84. The van der Waals surface area contributed by atoms with Crippen molar-refractivity contribution >= 4 is 23.5 Å². The van der Waals surface area contributed by atoms with Crippen molar-refractivity contribution in [3.63, 3.8) is 0 Å². The van der Waals surface area contributed by atoms with Crippen molar-refractivity contribution in [1.29, 1.82) is 0 Å². The highest BCUT2D eigenvalue weighted by molar-refractivity contribution is 6.33. The SMILES string of the molecule is CC[C@@]1(C(=O)O)C[C@@H]2CC[C@H]1N2C(=O)c1cc(F)ccc1Cl. The zero-order valence-corrected chi connectivity index (χ0v) is 12.9. The monoisotopic (exact) mass is 325 g/mol. The van der Waals surface area contributed by atoms with E-state index < -0.39 is 17.2 Å². The van der Waals surface area contributed by atoms with E-state index in [1.807, 2.05) is 6.92 Å². The first-order chi connectivity index (χ1) is 10.4. The van der Waals surface area contributed by atoms with E-state index >= 15 is 0 Å². The van der Waals surface area contributed by atoms with Gasteiger partial charge in [0.1, 0.15) is 5.82 Å². The predicted octanol–water partition coefficient (Wildman–Crippen LogP) is 3.34. The number of amides is 1. The van der Waals surface area contributed by atoms with E-state index in [0.29, 0.717) is 19.3 Å². The Morgan fingerprint density at radius 3 is 2.77 bits per heavy atom. The van der Waals surface area contributed by atoms with Gasteiger partial charge in [-0.3, -0.25) is 9.59 Å². The molecule has 0 aliphatic carbocycles. The van der Waals surface area contributed by atoms with Crippen molar-refractivity contribution in [1.82, 2.24) is 4.90 Å². The molecule has 2 fully saturated rings. The molecule has 118 valence electrons. The summed E-state index contributed by atoms with van der Waals surface area (Å²) >= 11 is 6.02. The van der Waals surface area contributed by atoms with Crippen molar-refractivity contribution < 1.29 is 19.1 Å². The Morgan fingerprint density at radius 2 is 2.18 bits per heavy atom. The molecule has 2 aliphatic rings. The Labute approximate surface area is 132 Å². The van der Waals surface area contributed by atoms with E-state index in [2.05, 4.69) is 0 Å². The highest BCUT2D eigenvalue weighted by Gasteiger charge is 2.60. The van der Waals surface area contributed by atoms with Crippen LogP contribution in [-0.2, 0) is 4.79 Å². The summed E-state index contributed by atoms with van der Waals surface area (Å²) in [6, 6.07) is 3.23. The van der Waals surface area contributed by atoms with Crippen LogP contribution in [0.5, 0.6) is 0 Å². The first-order valence-electron chi connectivity index (χ1n) is 7.42. The maximum Gasteiger partial charge on any atom is 0.311 e. The van der Waals surface area contributed by atoms with Crippen molar-refractivity contribution in [3.8, 4) is 0 Å². The molecule has 0 unspecified atom stereocenters. The van der Waals surface area contributed by atoms with E-state index in [4.69, 9.17) is 11.6 Å². The molecule has 1 N–H and O–H groups in total. The number of hydrogen-bond donors (Lipinski definition) is 1. The predicted molar refractivity (Wildman–Crippen MR) is 79.4 cm³/mol. The van der Waals surface area contributed by atoms with Crippen molar-refractivity contribution in [2.45, 2.75) is 44.7 Å². The molecular formula is C16H17ClFNO3. The third-order valence-electron chi connectivity index (χ3n) is 5.19. The highest BCUT2D eigenvalue weighted by Crippen LogP contribution is 2.52. The lowest BCUT2D eigenvalue weighted by atomic mass is 9.72. The summed E-state index contributed by atoms with van der Waals surface area (Å²) < 4.78 is 13.4. The number of fused-ring (bicyclic) bond motifs is 2. The normalized spacial score (nSPS) is 29.9. The Hall–Kier alpha value is -1.62. The Kier molecular flexibility index (Phi) is 3.63. The number of rotatable bonds is 3. The number of nitrogens with zero attached hydrogens (tertiary/aromatic N) is 1. The zero-order valence-electron chi connectivity index (χ0n) is 12.2. The molecule has 2 aliphatic heterocycles. The number of benzene rings is 1. The van der Waals surface area contributed by atoms with E-state index in [0.717, 1.165) is 12.5 Å². The van der Waals surface area contributed by atoms with Gasteiger partial charge in [-0.25, -0.2) is 4.39 Å². The number of carbonyl (C=O) groups is 2. The minimum Gasteiger partial charge on any atom is -0.481 e. The Bertz CT molecular complexity index is 650. The second kappa shape index (κ2) is 5.23. The van der Waals surface area contributed by atoms with Crippen LogP contribution in [0.4, 0.5) is 4.39 Å². The second-order valence-corrected chi connectivity index (χ2v) is 6.51. The quantitative estimate of drug-likeness (QED) is 0.927. The van der Waals surface area contributed by atoms with Gasteiger partial charge in [0.25, 0.3) is 5.91 Å². The van der Waals surface area contributed by atoms with Crippen molar-refractivity contribution in [3.05, 3.63) is 34.6 Å². The molecule has 1 aromatic carbocycles. The molecular weight excluding hydrogens is 309 g/mol. The minimum atomic E-state index is -0.890. The first-order valence-corrected chi connectivity index (χ1v) is 7.79. The van der Waals surface area contributed by atoms with Gasteiger partial charge in [-0.15, -0.1) is 0 Å². The van der Waals surface area contributed by atoms with Crippen LogP contribution in [0.15, 0.2) is 18.2 Å². The van der Waals surface area contributed by atoms with Crippen LogP contribution < -0.4 is 0 Å². The maximum absolute atomic E-state index is 13.4. The number of hydrogen-bond acceptors (Lipinski definition) is 2. The van der Waals surface area contributed by atoms with E-state index in [1.165, 1.54) is 12.1 Å². The van der Waals surface area contributed by atoms with Crippen LogP contribution in [0.3, 0.4) is 0 Å². The van der Waals surface area contributed by atoms with Crippen LogP contribution >= 0.6 is 11.6 Å². The van der Waals surface area contributed by atoms with Gasteiger partial charge < -0.3 is 10.0 Å². The Balaban J connectivity index is 1.98. The molecule has 22 heavy (non-hydrogen) atoms. The Morgan fingerprint density at radius 1 is 1.45 bits per heavy atom. The maximum atomic E-state index is 13.4. The summed E-state index contributed by atoms with van der Waals surface area (Å²) in [6.07, 6.45) is 2.40. The molecule has 0 aromatic heterocycles. The fourth-order valence-corrected chi connectivity index (χ4v) is 4.25. The first kappa shape index (κ1) is 15.3. The number of carbonyl (C=O) groups excluding carboxylic acids is 1. The van der Waals surface area contributed by atoms with Crippen LogP contribution in [0, 0.1) is 11.2 Å². The van der Waals surface area contributed by atoms with Gasteiger partial charge in [0.05, 0.1) is 16.0 Å². The minimum absolute atomic E-state index is 0.104. The van der Waals surface area contributed by atoms with Gasteiger partial charge >= 0.3 is 5.97 Å². The second-order valence-electron chi connectivity index (χ2n) is 6.10. The molecule has 2 bridgehead atoms. The third-order valence-corrected chi connectivity index (χ3v) is 5.52. The van der Waals surface area contributed by atoms with Gasteiger partial charge in [0.15, 0.2) is 0 Å². The topological polar surface area (TPSA) is 57.6 Å². The lowest BCUT2D eigenvalue weighted by Gasteiger charge is -2.32. The van der Waals surface area contributed by atoms with Crippen LogP contribution in [0.2, 0.25) is 5.02 Å². The van der Waals surface area contributed by atoms with E-state index in [9.17, 15) is 19.1 Å². The van der Waals surface area contributed by atoms with Crippen LogP contribution in [-0.4, -0.2) is 34.0 Å². The molecule has 6 heteroatoms. The molecule has 3 rings (SSSR count). The van der Waals surface area contributed by atoms with E-state index in [1.54, 1.807) is 4.90 Å². The summed E-state index contributed by atoms with van der Waals surface area (Å²) in [5.74, 6) is -1.75. The molecule has 2 saturated heterocycles. The number of aliphatic carboxylic acids is 1. The third kappa shape index (κ3) is 2.02. The molecule has 0 spiro atoms. The number of carboxylic acid groups (broad SMARTS) is 1. The molecule has 1 amide bonds. The molecule has 0 saturated carbocycles. The molecule has 2 heterocycles. The molecule has 0 radical (unpaired) electrons. The number of carboxylic acids is 1. The lowest BCUT2D eigenvalue weighted by Crippen LogP contribution is -2.44. The van der Waals surface area contributed by atoms with Gasteiger partial charge in [-0.2, -0.15) is 0 Å². The summed E-state index contributed by atoms with van der Waals surface area (Å²) in [4.78, 5) is 26.2. The summed E-state index contributed by atoms with van der Waals surface area (Å²) in [7, 11) is 0. The van der Waals surface area contributed by atoms with Gasteiger partial charge in [-0.1, -0.05) is 18.5 Å². The van der Waals surface area contributed by atoms with Gasteiger partial charge in [0.2, 0.25) is 0 Å². The average Bonchev–Trinajstić information content (AvgIpc) is 3.05. The molecule has 4 nitrogen and oxygen atoms in total. The number of halogens is 2. The van der Waals surface area contributed by atoms with Gasteiger partial charge in [-0.05, 0) is 43.9 Å². The zero-order chi connectivity index (χ0) is 16.1. The smallest absolute Gasteiger partial charge is 0.311 e. The molecule has 3 atom stereocenters. The summed E-state index contributed by atoms with van der Waals surface area (Å²) in [5.41, 5.74) is -0.783. The largest absolute Gasteiger partial charge is 0.481 e. The van der Waals surface area contributed by atoms with Crippen LogP contribution in [0.1, 0.15) is 43.0 Å². The summed E-state index contributed by atoms with van der Waals surface area (Å²) in [5, 5.41) is 9.82. The van der Waals surface area contributed by atoms with E-state index in [-0.39, 0.29) is 28.6 Å².